The second-order valence-corrected chi connectivity index (χ2v) is 6.12. The van der Waals surface area contributed by atoms with Gasteiger partial charge in [0, 0.05) is 35.8 Å². The SMILES string of the molecule is CCN(CC)c1ccc2cc(C(=O)NNC(=O)c3ccccc3)c(=O)oc2c1. The van der Waals surface area contributed by atoms with Crippen LogP contribution in [0.15, 0.2) is 63.8 Å². The summed E-state index contributed by atoms with van der Waals surface area (Å²) in [6.45, 7) is 5.74. The molecule has 7 heteroatoms. The molecule has 0 atom stereocenters. The lowest BCUT2D eigenvalue weighted by Crippen LogP contribution is -2.43. The predicted octanol–water partition coefficient (Wildman–Crippen LogP) is 2.71. The van der Waals surface area contributed by atoms with E-state index < -0.39 is 17.4 Å². The molecule has 2 aromatic carbocycles. The van der Waals surface area contributed by atoms with Gasteiger partial charge in [-0.1, -0.05) is 18.2 Å². The molecule has 0 aliphatic rings. The van der Waals surface area contributed by atoms with E-state index in [2.05, 4.69) is 15.8 Å². The van der Waals surface area contributed by atoms with Crippen molar-refractivity contribution in [2.24, 2.45) is 0 Å². The Morgan fingerprint density at radius 1 is 0.929 bits per heavy atom. The van der Waals surface area contributed by atoms with Crippen molar-refractivity contribution in [1.82, 2.24) is 10.9 Å². The zero-order valence-electron chi connectivity index (χ0n) is 15.7. The zero-order valence-corrected chi connectivity index (χ0v) is 15.7. The largest absolute Gasteiger partial charge is 0.422 e. The van der Waals surface area contributed by atoms with Crippen LogP contribution in [-0.2, 0) is 0 Å². The van der Waals surface area contributed by atoms with E-state index in [1.54, 1.807) is 42.5 Å². The highest BCUT2D eigenvalue weighted by Gasteiger charge is 2.15. The van der Waals surface area contributed by atoms with Gasteiger partial charge in [0.15, 0.2) is 0 Å². The molecule has 1 heterocycles. The molecule has 0 bridgehead atoms. The highest BCUT2D eigenvalue weighted by Crippen LogP contribution is 2.21. The van der Waals surface area contributed by atoms with E-state index >= 15 is 0 Å². The maximum Gasteiger partial charge on any atom is 0.349 e. The Bertz CT molecular complexity index is 1060. The lowest BCUT2D eigenvalue weighted by molar-refractivity contribution is 0.0844. The summed E-state index contributed by atoms with van der Waals surface area (Å²) in [4.78, 5) is 38.7. The Labute approximate surface area is 161 Å². The first-order valence-corrected chi connectivity index (χ1v) is 9.02. The van der Waals surface area contributed by atoms with Crippen LogP contribution < -0.4 is 21.4 Å². The molecule has 0 spiro atoms. The maximum atomic E-state index is 12.3. The molecule has 3 rings (SSSR count). The van der Waals surface area contributed by atoms with Crippen molar-refractivity contribution in [2.45, 2.75) is 13.8 Å². The summed E-state index contributed by atoms with van der Waals surface area (Å²) in [5, 5.41) is 0.620. The van der Waals surface area contributed by atoms with Crippen molar-refractivity contribution in [3.05, 3.63) is 76.1 Å². The molecule has 1 aromatic heterocycles. The third-order valence-corrected chi connectivity index (χ3v) is 4.42. The number of carbonyl (C=O) groups excluding carboxylic acids is 2. The quantitative estimate of drug-likeness (QED) is 0.525. The molecule has 0 saturated heterocycles. The number of hydrazine groups is 1. The van der Waals surface area contributed by atoms with Gasteiger partial charge in [0.25, 0.3) is 11.8 Å². The minimum Gasteiger partial charge on any atom is -0.422 e. The molecule has 144 valence electrons. The second kappa shape index (κ2) is 8.39. The molecule has 0 aliphatic carbocycles. The summed E-state index contributed by atoms with van der Waals surface area (Å²) in [7, 11) is 0. The summed E-state index contributed by atoms with van der Waals surface area (Å²) >= 11 is 0. The Balaban J connectivity index is 1.80. The van der Waals surface area contributed by atoms with Gasteiger partial charge in [0.1, 0.15) is 11.1 Å². The zero-order chi connectivity index (χ0) is 20.1. The summed E-state index contributed by atoms with van der Waals surface area (Å²) < 4.78 is 5.33. The first kappa shape index (κ1) is 19.2. The highest BCUT2D eigenvalue weighted by molar-refractivity contribution is 6.00. The van der Waals surface area contributed by atoms with Crippen molar-refractivity contribution < 1.29 is 14.0 Å². The van der Waals surface area contributed by atoms with Crippen molar-refractivity contribution in [1.29, 1.82) is 0 Å². The minimum atomic E-state index is -0.768. The number of anilines is 1. The molecule has 0 unspecified atom stereocenters. The lowest BCUT2D eigenvalue weighted by atomic mass is 10.1. The monoisotopic (exact) mass is 379 g/mol. The number of fused-ring (bicyclic) bond motifs is 1. The fraction of sp³-hybridized carbons (Fsp3) is 0.190. The minimum absolute atomic E-state index is 0.184. The number of hydrogen-bond acceptors (Lipinski definition) is 5. The normalized spacial score (nSPS) is 10.5. The molecule has 3 aromatic rings. The van der Waals surface area contributed by atoms with Crippen LogP contribution in [-0.4, -0.2) is 24.9 Å². The van der Waals surface area contributed by atoms with E-state index in [9.17, 15) is 14.4 Å². The van der Waals surface area contributed by atoms with Crippen molar-refractivity contribution in [3.8, 4) is 0 Å². The van der Waals surface area contributed by atoms with Crippen LogP contribution in [0.1, 0.15) is 34.6 Å². The number of carbonyl (C=O) groups is 2. The molecule has 0 saturated carbocycles. The molecular weight excluding hydrogens is 358 g/mol. The molecule has 28 heavy (non-hydrogen) atoms. The number of rotatable bonds is 5. The standard InChI is InChI=1S/C21H21N3O4/c1-3-24(4-2)16-11-10-15-12-17(21(27)28-18(15)13-16)20(26)23-22-19(25)14-8-6-5-7-9-14/h5-13H,3-4H2,1-2H3,(H,22,25)(H,23,26). The molecule has 2 amide bonds. The van der Waals surface area contributed by atoms with Gasteiger partial charge in [-0.3, -0.25) is 20.4 Å². The van der Waals surface area contributed by atoms with Crippen LogP contribution in [0.25, 0.3) is 11.0 Å². The van der Waals surface area contributed by atoms with E-state index in [1.807, 2.05) is 19.9 Å². The molecule has 2 N–H and O–H groups in total. The van der Waals surface area contributed by atoms with Gasteiger partial charge >= 0.3 is 5.63 Å². The summed E-state index contributed by atoms with van der Waals surface area (Å²) in [5.74, 6) is -1.23. The van der Waals surface area contributed by atoms with Crippen LogP contribution in [0.2, 0.25) is 0 Å². The number of nitrogens with zero attached hydrogens (tertiary/aromatic N) is 1. The number of benzene rings is 2. The van der Waals surface area contributed by atoms with Gasteiger partial charge < -0.3 is 9.32 Å². The van der Waals surface area contributed by atoms with E-state index in [0.29, 0.717) is 16.5 Å². The lowest BCUT2D eigenvalue weighted by Gasteiger charge is -2.21. The summed E-state index contributed by atoms with van der Waals surface area (Å²) in [6, 6.07) is 15.4. The molecule has 0 fully saturated rings. The number of amides is 2. The topological polar surface area (TPSA) is 91.7 Å². The Hall–Kier alpha value is -3.61. The molecule has 0 radical (unpaired) electrons. The smallest absolute Gasteiger partial charge is 0.349 e. The summed E-state index contributed by atoms with van der Waals surface area (Å²) in [5.41, 5.74) is 5.30. The number of hydrogen-bond donors (Lipinski definition) is 2. The molecule has 7 nitrogen and oxygen atoms in total. The van der Waals surface area contributed by atoms with Crippen LogP contribution in [0.5, 0.6) is 0 Å². The van der Waals surface area contributed by atoms with Gasteiger partial charge in [-0.15, -0.1) is 0 Å². The number of nitrogens with one attached hydrogen (secondary N) is 2. The average Bonchev–Trinajstić information content (AvgIpc) is 2.72. The van der Waals surface area contributed by atoms with Gasteiger partial charge in [-0.05, 0) is 44.2 Å². The van der Waals surface area contributed by atoms with Gasteiger partial charge in [-0.25, -0.2) is 4.79 Å². The van der Waals surface area contributed by atoms with Crippen LogP contribution in [0.3, 0.4) is 0 Å². The third kappa shape index (κ3) is 4.03. The maximum absolute atomic E-state index is 12.3. The average molecular weight is 379 g/mol. The van der Waals surface area contributed by atoms with Crippen LogP contribution >= 0.6 is 0 Å². The van der Waals surface area contributed by atoms with Gasteiger partial charge in [0.05, 0.1) is 0 Å². The van der Waals surface area contributed by atoms with Crippen LogP contribution in [0, 0.1) is 0 Å². The van der Waals surface area contributed by atoms with Crippen molar-refractivity contribution in [3.63, 3.8) is 0 Å². The molecule has 0 aliphatic heterocycles. The van der Waals surface area contributed by atoms with Crippen molar-refractivity contribution in [2.75, 3.05) is 18.0 Å². The fourth-order valence-corrected chi connectivity index (χ4v) is 2.89. The predicted molar refractivity (Wildman–Crippen MR) is 107 cm³/mol. The second-order valence-electron chi connectivity index (χ2n) is 6.12. The van der Waals surface area contributed by atoms with E-state index in [4.69, 9.17) is 4.42 Å². The fourth-order valence-electron chi connectivity index (χ4n) is 2.89. The molecular formula is C21H21N3O4. The van der Waals surface area contributed by atoms with Crippen LogP contribution in [0.4, 0.5) is 5.69 Å². The van der Waals surface area contributed by atoms with Gasteiger partial charge in [0.2, 0.25) is 0 Å². The Morgan fingerprint density at radius 2 is 1.61 bits per heavy atom. The van der Waals surface area contributed by atoms with Crippen molar-refractivity contribution >= 4 is 28.5 Å². The van der Waals surface area contributed by atoms with E-state index in [-0.39, 0.29) is 5.56 Å². The first-order chi connectivity index (χ1) is 13.5. The Kier molecular flexibility index (Phi) is 5.74. The third-order valence-electron chi connectivity index (χ3n) is 4.42. The van der Waals surface area contributed by atoms with E-state index in [1.165, 1.54) is 6.07 Å². The Morgan fingerprint density at radius 3 is 2.29 bits per heavy atom. The van der Waals surface area contributed by atoms with E-state index in [0.717, 1.165) is 18.8 Å². The first-order valence-electron chi connectivity index (χ1n) is 9.02. The summed E-state index contributed by atoms with van der Waals surface area (Å²) in [6.07, 6.45) is 0. The van der Waals surface area contributed by atoms with Gasteiger partial charge in [-0.2, -0.15) is 0 Å². The highest BCUT2D eigenvalue weighted by atomic mass is 16.4.